The summed E-state index contributed by atoms with van der Waals surface area (Å²) in [6.07, 6.45) is 5.96. The summed E-state index contributed by atoms with van der Waals surface area (Å²) in [5, 5.41) is 4.11. The van der Waals surface area contributed by atoms with E-state index in [4.69, 9.17) is 4.42 Å². The first-order chi connectivity index (χ1) is 14.2. The van der Waals surface area contributed by atoms with E-state index in [0.717, 1.165) is 35.8 Å². The lowest BCUT2D eigenvalue weighted by Gasteiger charge is -2.39. The van der Waals surface area contributed by atoms with Crippen molar-refractivity contribution in [3.8, 4) is 0 Å². The first-order valence-electron chi connectivity index (χ1n) is 11.3. The minimum absolute atomic E-state index is 0.114. The van der Waals surface area contributed by atoms with Crippen molar-refractivity contribution < 1.29 is 14.0 Å². The average Bonchev–Trinajstić information content (AvgIpc) is 3.11. The Kier molecular flexibility index (Phi) is 5.75. The highest BCUT2D eigenvalue weighted by molar-refractivity contribution is 6.00. The summed E-state index contributed by atoms with van der Waals surface area (Å²) in [5.41, 5.74) is 1.55. The van der Waals surface area contributed by atoms with Gasteiger partial charge in [-0.2, -0.15) is 0 Å². The standard InChI is InChI=1S/C25H34N2O3/c1-16-20-7-5-6-8-22(20)30-24(16)21(28)12-9-17-13-18-10-11-19(14-17)27(18)15-23(29)26-25(2,3)4/h5-8,17-19H,9-15H2,1-4H3,(H,26,29). The number of aryl methyl sites for hydroxylation is 1. The number of carbonyl (C=O) groups is 2. The minimum Gasteiger partial charge on any atom is -0.453 e. The molecule has 2 unspecified atom stereocenters. The van der Waals surface area contributed by atoms with Crippen molar-refractivity contribution in [2.45, 2.75) is 83.8 Å². The molecular weight excluding hydrogens is 376 g/mol. The number of para-hydroxylation sites is 1. The van der Waals surface area contributed by atoms with Crippen molar-refractivity contribution in [2.75, 3.05) is 6.54 Å². The highest BCUT2D eigenvalue weighted by Gasteiger charge is 2.41. The molecule has 1 N–H and O–H groups in total. The van der Waals surface area contributed by atoms with Gasteiger partial charge in [0.05, 0.1) is 6.54 Å². The number of carbonyl (C=O) groups excluding carboxylic acids is 2. The molecule has 4 rings (SSSR count). The highest BCUT2D eigenvalue weighted by atomic mass is 16.3. The third-order valence-corrected chi connectivity index (χ3v) is 6.70. The van der Waals surface area contributed by atoms with Crippen LogP contribution in [0.5, 0.6) is 0 Å². The van der Waals surface area contributed by atoms with Crippen LogP contribution in [0.4, 0.5) is 0 Å². The molecule has 162 valence electrons. The maximum atomic E-state index is 12.8. The molecule has 2 aliphatic heterocycles. The van der Waals surface area contributed by atoms with Crippen molar-refractivity contribution in [3.63, 3.8) is 0 Å². The fourth-order valence-corrected chi connectivity index (χ4v) is 5.39. The van der Waals surface area contributed by atoms with Crippen LogP contribution >= 0.6 is 0 Å². The molecule has 2 aromatic rings. The average molecular weight is 411 g/mol. The van der Waals surface area contributed by atoms with Crippen LogP contribution in [0.15, 0.2) is 28.7 Å². The van der Waals surface area contributed by atoms with E-state index in [9.17, 15) is 9.59 Å². The van der Waals surface area contributed by atoms with Gasteiger partial charge in [0.1, 0.15) is 5.58 Å². The summed E-state index contributed by atoms with van der Waals surface area (Å²) in [7, 11) is 0. The number of amides is 1. The quantitative estimate of drug-likeness (QED) is 0.691. The van der Waals surface area contributed by atoms with Gasteiger partial charge in [0.2, 0.25) is 5.91 Å². The molecule has 30 heavy (non-hydrogen) atoms. The van der Waals surface area contributed by atoms with E-state index in [-0.39, 0.29) is 17.2 Å². The lowest BCUT2D eigenvalue weighted by molar-refractivity contribution is -0.125. The monoisotopic (exact) mass is 410 g/mol. The molecule has 2 bridgehead atoms. The Morgan fingerprint density at radius 2 is 1.80 bits per heavy atom. The van der Waals surface area contributed by atoms with E-state index in [2.05, 4.69) is 10.2 Å². The first kappa shape index (κ1) is 21.1. The molecule has 0 aliphatic carbocycles. The van der Waals surface area contributed by atoms with Gasteiger partial charge in [-0.1, -0.05) is 18.2 Å². The van der Waals surface area contributed by atoms with Crippen molar-refractivity contribution in [1.82, 2.24) is 10.2 Å². The van der Waals surface area contributed by atoms with Crippen LogP contribution in [-0.4, -0.2) is 40.8 Å². The molecule has 1 aromatic carbocycles. The third kappa shape index (κ3) is 4.46. The van der Waals surface area contributed by atoms with E-state index in [1.807, 2.05) is 52.0 Å². The predicted octanol–water partition coefficient (Wildman–Crippen LogP) is 4.86. The van der Waals surface area contributed by atoms with E-state index >= 15 is 0 Å². The molecule has 0 radical (unpaired) electrons. The van der Waals surface area contributed by atoms with Crippen LogP contribution in [0.2, 0.25) is 0 Å². The Balaban J connectivity index is 1.32. The van der Waals surface area contributed by atoms with E-state index in [1.54, 1.807) is 0 Å². The van der Waals surface area contributed by atoms with Crippen LogP contribution in [0, 0.1) is 12.8 Å². The Bertz CT molecular complexity index is 926. The van der Waals surface area contributed by atoms with Crippen molar-refractivity contribution >= 4 is 22.7 Å². The predicted molar refractivity (Wildman–Crippen MR) is 119 cm³/mol. The fourth-order valence-electron chi connectivity index (χ4n) is 5.39. The topological polar surface area (TPSA) is 62.6 Å². The van der Waals surface area contributed by atoms with Crippen molar-refractivity contribution in [2.24, 2.45) is 5.92 Å². The molecule has 2 aliphatic rings. The molecule has 5 heteroatoms. The second kappa shape index (κ2) is 8.18. The van der Waals surface area contributed by atoms with E-state index in [1.165, 1.54) is 12.8 Å². The van der Waals surface area contributed by atoms with Crippen LogP contribution in [0.25, 0.3) is 11.0 Å². The van der Waals surface area contributed by atoms with Gasteiger partial charge in [-0.15, -0.1) is 0 Å². The first-order valence-corrected chi connectivity index (χ1v) is 11.3. The second-order valence-corrected chi connectivity index (χ2v) is 10.2. The Morgan fingerprint density at radius 1 is 1.13 bits per heavy atom. The van der Waals surface area contributed by atoms with Gasteiger partial charge >= 0.3 is 0 Å². The second-order valence-electron chi connectivity index (χ2n) is 10.2. The summed E-state index contributed by atoms with van der Waals surface area (Å²) in [4.78, 5) is 27.6. The van der Waals surface area contributed by atoms with Crippen LogP contribution in [0.3, 0.4) is 0 Å². The lowest BCUT2D eigenvalue weighted by Crippen LogP contribution is -2.51. The maximum Gasteiger partial charge on any atom is 0.234 e. The third-order valence-electron chi connectivity index (χ3n) is 6.70. The number of Topliss-reactive ketones (excluding diaryl/α,β-unsaturated/α-hetero) is 1. The fraction of sp³-hybridized carbons (Fsp3) is 0.600. The SMILES string of the molecule is Cc1c(C(=O)CCC2CC3CCC(C2)N3CC(=O)NC(C)(C)C)oc2ccccc12. The van der Waals surface area contributed by atoms with Gasteiger partial charge in [-0.3, -0.25) is 14.5 Å². The van der Waals surface area contributed by atoms with Crippen molar-refractivity contribution in [3.05, 3.63) is 35.6 Å². The number of nitrogens with zero attached hydrogens (tertiary/aromatic N) is 1. The molecular formula is C25H34N2O3. The molecule has 1 aromatic heterocycles. The molecule has 2 fully saturated rings. The number of piperidine rings is 1. The Morgan fingerprint density at radius 3 is 2.43 bits per heavy atom. The molecule has 1 amide bonds. The van der Waals surface area contributed by atoms with Crippen molar-refractivity contribution in [1.29, 1.82) is 0 Å². The number of ketones is 1. The lowest BCUT2D eigenvalue weighted by atomic mass is 9.86. The normalized spacial score (nSPS) is 24.3. The maximum absolute atomic E-state index is 12.8. The zero-order valence-corrected chi connectivity index (χ0v) is 18.7. The van der Waals surface area contributed by atoms with Gasteiger partial charge in [0.15, 0.2) is 11.5 Å². The number of rotatable bonds is 6. The zero-order chi connectivity index (χ0) is 21.5. The summed E-state index contributed by atoms with van der Waals surface area (Å²) in [6, 6.07) is 8.79. The van der Waals surface area contributed by atoms with Crippen LogP contribution < -0.4 is 5.32 Å². The highest BCUT2D eigenvalue weighted by Crippen LogP contribution is 2.40. The van der Waals surface area contributed by atoms with Gasteiger partial charge in [-0.05, 0) is 71.8 Å². The molecule has 3 heterocycles. The molecule has 0 spiro atoms. The largest absolute Gasteiger partial charge is 0.453 e. The number of nitrogens with one attached hydrogen (secondary N) is 1. The van der Waals surface area contributed by atoms with Gasteiger partial charge in [0.25, 0.3) is 0 Å². The van der Waals surface area contributed by atoms with Crippen LogP contribution in [0.1, 0.15) is 75.4 Å². The van der Waals surface area contributed by atoms with E-state index in [0.29, 0.717) is 36.7 Å². The summed E-state index contributed by atoms with van der Waals surface area (Å²) < 4.78 is 5.85. The van der Waals surface area contributed by atoms with Gasteiger partial charge in [0, 0.05) is 35.0 Å². The molecule has 2 saturated heterocycles. The van der Waals surface area contributed by atoms with Gasteiger partial charge in [-0.25, -0.2) is 0 Å². The number of hydrogen-bond donors (Lipinski definition) is 1. The molecule has 5 nitrogen and oxygen atoms in total. The number of benzene rings is 1. The molecule has 2 atom stereocenters. The summed E-state index contributed by atoms with van der Waals surface area (Å²) >= 11 is 0. The smallest absolute Gasteiger partial charge is 0.234 e. The number of furan rings is 1. The van der Waals surface area contributed by atoms with Gasteiger partial charge < -0.3 is 9.73 Å². The Labute approximate surface area is 179 Å². The number of hydrogen-bond acceptors (Lipinski definition) is 4. The molecule has 0 saturated carbocycles. The zero-order valence-electron chi connectivity index (χ0n) is 18.7. The minimum atomic E-state index is -0.191. The van der Waals surface area contributed by atoms with E-state index < -0.39 is 0 Å². The summed E-state index contributed by atoms with van der Waals surface area (Å²) in [6.45, 7) is 8.53. The Hall–Kier alpha value is -2.14. The van der Waals surface area contributed by atoms with Crippen LogP contribution in [-0.2, 0) is 4.79 Å². The summed E-state index contributed by atoms with van der Waals surface area (Å²) in [5.74, 6) is 1.31. The number of fused-ring (bicyclic) bond motifs is 3.